The number of carboxylic acid groups (broad SMARTS) is 1. The number of hydrogen-bond acceptors (Lipinski definition) is 4. The van der Waals surface area contributed by atoms with Gasteiger partial charge < -0.3 is 5.11 Å². The molecular weight excluding hydrogens is 270 g/mol. The van der Waals surface area contributed by atoms with Crippen LogP contribution in [0.2, 0.25) is 0 Å². The Morgan fingerprint density at radius 1 is 1.53 bits per heavy atom. The van der Waals surface area contributed by atoms with E-state index in [1.165, 1.54) is 15.2 Å². The molecule has 1 fully saturated rings. The molecule has 1 N–H and O–H groups in total. The minimum absolute atomic E-state index is 0.0337. The van der Waals surface area contributed by atoms with Gasteiger partial charge in [-0.2, -0.15) is 9.40 Å². The molecule has 0 unspecified atom stereocenters. The third-order valence-corrected chi connectivity index (χ3v) is 5.51. The number of hydrogen-bond donors (Lipinski definition) is 1. The van der Waals surface area contributed by atoms with Crippen LogP contribution in [0, 0.1) is 12.8 Å². The first-order valence-electron chi connectivity index (χ1n) is 6.05. The smallest absolute Gasteiger partial charge is 0.307 e. The van der Waals surface area contributed by atoms with Gasteiger partial charge in [0.15, 0.2) is 0 Å². The molecule has 1 aliphatic rings. The number of aromatic nitrogens is 2. The van der Waals surface area contributed by atoms with Gasteiger partial charge >= 0.3 is 5.97 Å². The summed E-state index contributed by atoms with van der Waals surface area (Å²) in [4.78, 5) is 11.2. The first-order valence-corrected chi connectivity index (χ1v) is 7.49. The molecule has 19 heavy (non-hydrogen) atoms. The van der Waals surface area contributed by atoms with Gasteiger partial charge in [0.1, 0.15) is 4.90 Å². The molecule has 1 aliphatic heterocycles. The molecular formula is C11H17N3O4S. The molecule has 0 spiro atoms. The summed E-state index contributed by atoms with van der Waals surface area (Å²) in [5, 5.41) is 12.9. The minimum atomic E-state index is -3.65. The van der Waals surface area contributed by atoms with Gasteiger partial charge in [0.25, 0.3) is 0 Å². The highest BCUT2D eigenvalue weighted by Gasteiger charge is 2.34. The van der Waals surface area contributed by atoms with Gasteiger partial charge in [-0.1, -0.05) is 0 Å². The van der Waals surface area contributed by atoms with Crippen molar-refractivity contribution in [3.8, 4) is 0 Å². The van der Waals surface area contributed by atoms with Crippen molar-refractivity contribution >= 4 is 16.0 Å². The van der Waals surface area contributed by atoms with Gasteiger partial charge in [-0.15, -0.1) is 0 Å². The normalized spacial score (nSPS) is 21.5. The summed E-state index contributed by atoms with van der Waals surface area (Å²) in [6, 6.07) is 0. The van der Waals surface area contributed by atoms with Crippen molar-refractivity contribution in [3.63, 3.8) is 0 Å². The van der Waals surface area contributed by atoms with Crippen LogP contribution in [-0.4, -0.2) is 46.7 Å². The second kappa shape index (κ2) is 4.93. The van der Waals surface area contributed by atoms with Crippen molar-refractivity contribution < 1.29 is 18.3 Å². The summed E-state index contributed by atoms with van der Waals surface area (Å²) in [6.45, 7) is 2.07. The van der Waals surface area contributed by atoms with Gasteiger partial charge in [-0.3, -0.25) is 9.48 Å². The molecule has 2 heterocycles. The molecule has 0 aromatic carbocycles. The van der Waals surface area contributed by atoms with Crippen LogP contribution in [0.15, 0.2) is 11.1 Å². The lowest BCUT2D eigenvalue weighted by Gasteiger charge is -2.29. The van der Waals surface area contributed by atoms with Crippen LogP contribution in [0.1, 0.15) is 18.5 Å². The molecule has 7 nitrogen and oxygen atoms in total. The van der Waals surface area contributed by atoms with E-state index >= 15 is 0 Å². The highest BCUT2D eigenvalue weighted by molar-refractivity contribution is 7.89. The van der Waals surface area contributed by atoms with E-state index in [0.29, 0.717) is 25.1 Å². The summed E-state index contributed by atoms with van der Waals surface area (Å²) in [5.41, 5.74) is 0.553. The molecule has 1 atom stereocenters. The SMILES string of the molecule is Cc1c(S(=O)(=O)N2CCC[C@H](C(=O)O)C2)cnn1C. The predicted octanol–water partition coefficient (Wildman–Crippen LogP) is 0.214. The first kappa shape index (κ1) is 14.0. The standard InChI is InChI=1S/C11H17N3O4S/c1-8-10(6-12-13(8)2)19(17,18)14-5-3-4-9(7-14)11(15)16/h6,9H,3-5,7H2,1-2H3,(H,15,16)/t9-/m0/s1. The molecule has 0 bridgehead atoms. The lowest BCUT2D eigenvalue weighted by Crippen LogP contribution is -2.42. The molecule has 2 rings (SSSR count). The molecule has 1 aromatic rings. The van der Waals surface area contributed by atoms with E-state index < -0.39 is 21.9 Å². The van der Waals surface area contributed by atoms with E-state index in [2.05, 4.69) is 5.10 Å². The maximum Gasteiger partial charge on any atom is 0.307 e. The Kier molecular flexibility index (Phi) is 3.64. The number of rotatable bonds is 3. The predicted molar refractivity (Wildman–Crippen MR) is 67.1 cm³/mol. The second-order valence-corrected chi connectivity index (χ2v) is 6.66. The van der Waals surface area contributed by atoms with Crippen LogP contribution in [0.25, 0.3) is 0 Å². The van der Waals surface area contributed by atoms with Crippen LogP contribution in [0.4, 0.5) is 0 Å². The quantitative estimate of drug-likeness (QED) is 0.858. The minimum Gasteiger partial charge on any atom is -0.481 e. The van der Waals surface area contributed by atoms with E-state index in [0.717, 1.165) is 0 Å². The fraction of sp³-hybridized carbons (Fsp3) is 0.636. The number of carboxylic acids is 1. The van der Waals surface area contributed by atoms with Crippen LogP contribution in [-0.2, 0) is 21.9 Å². The lowest BCUT2D eigenvalue weighted by atomic mass is 10.0. The second-order valence-electron chi connectivity index (χ2n) is 4.76. The summed E-state index contributed by atoms with van der Waals surface area (Å²) < 4.78 is 27.7. The van der Waals surface area contributed by atoms with Crippen LogP contribution < -0.4 is 0 Å². The average Bonchev–Trinajstić information content (AvgIpc) is 2.70. The zero-order chi connectivity index (χ0) is 14.2. The van der Waals surface area contributed by atoms with Gasteiger partial charge in [0.05, 0.1) is 17.8 Å². The van der Waals surface area contributed by atoms with E-state index in [1.54, 1.807) is 14.0 Å². The van der Waals surface area contributed by atoms with Crippen molar-refractivity contribution in [1.82, 2.24) is 14.1 Å². The number of aliphatic carboxylic acids is 1. The highest BCUT2D eigenvalue weighted by Crippen LogP contribution is 2.25. The Labute approximate surface area is 111 Å². The van der Waals surface area contributed by atoms with Crippen LogP contribution in [0.5, 0.6) is 0 Å². The Morgan fingerprint density at radius 3 is 2.74 bits per heavy atom. The van der Waals surface area contributed by atoms with Crippen molar-refractivity contribution in [1.29, 1.82) is 0 Å². The third-order valence-electron chi connectivity index (χ3n) is 3.54. The highest BCUT2D eigenvalue weighted by atomic mass is 32.2. The van der Waals surface area contributed by atoms with Gasteiger partial charge in [0.2, 0.25) is 10.0 Å². The third kappa shape index (κ3) is 2.50. The van der Waals surface area contributed by atoms with Gasteiger partial charge in [0, 0.05) is 20.1 Å². The summed E-state index contributed by atoms with van der Waals surface area (Å²) in [5.74, 6) is -1.57. The van der Waals surface area contributed by atoms with Gasteiger partial charge in [-0.25, -0.2) is 8.42 Å². The zero-order valence-corrected chi connectivity index (χ0v) is 11.7. The van der Waals surface area contributed by atoms with E-state index in [1.807, 2.05) is 0 Å². The molecule has 0 radical (unpaired) electrons. The molecule has 0 saturated carbocycles. The number of piperidine rings is 1. The monoisotopic (exact) mass is 287 g/mol. The van der Waals surface area contributed by atoms with E-state index in [4.69, 9.17) is 5.11 Å². The number of sulfonamides is 1. The summed E-state index contributed by atoms with van der Waals surface area (Å²) in [7, 11) is -1.98. The lowest BCUT2D eigenvalue weighted by molar-refractivity contribution is -0.142. The van der Waals surface area contributed by atoms with Crippen molar-refractivity contribution in [2.45, 2.75) is 24.7 Å². The van der Waals surface area contributed by atoms with Crippen molar-refractivity contribution in [2.75, 3.05) is 13.1 Å². The van der Waals surface area contributed by atoms with E-state index in [-0.39, 0.29) is 11.4 Å². The summed E-state index contributed by atoms with van der Waals surface area (Å²) >= 11 is 0. The molecule has 106 valence electrons. The Balaban J connectivity index is 2.30. The Hall–Kier alpha value is -1.41. The first-order chi connectivity index (χ1) is 8.84. The Morgan fingerprint density at radius 2 is 2.21 bits per heavy atom. The van der Waals surface area contributed by atoms with Crippen molar-refractivity contribution in [2.24, 2.45) is 13.0 Å². The zero-order valence-electron chi connectivity index (χ0n) is 10.9. The number of nitrogens with zero attached hydrogens (tertiary/aromatic N) is 3. The maximum absolute atomic E-state index is 12.5. The summed E-state index contributed by atoms with van der Waals surface area (Å²) in [6.07, 6.45) is 2.40. The van der Waals surface area contributed by atoms with E-state index in [9.17, 15) is 13.2 Å². The topological polar surface area (TPSA) is 92.5 Å². The van der Waals surface area contributed by atoms with Gasteiger partial charge in [-0.05, 0) is 19.8 Å². The Bertz CT molecular complexity index is 593. The number of aryl methyl sites for hydroxylation is 1. The number of carbonyl (C=O) groups is 1. The molecule has 1 saturated heterocycles. The fourth-order valence-electron chi connectivity index (χ4n) is 2.23. The van der Waals surface area contributed by atoms with Crippen molar-refractivity contribution in [3.05, 3.63) is 11.9 Å². The van der Waals surface area contributed by atoms with Crippen LogP contribution in [0.3, 0.4) is 0 Å². The molecule has 8 heteroatoms. The fourth-order valence-corrected chi connectivity index (χ4v) is 3.94. The average molecular weight is 287 g/mol. The molecule has 1 aromatic heterocycles. The maximum atomic E-state index is 12.5. The molecule has 0 aliphatic carbocycles. The van der Waals surface area contributed by atoms with Crippen LogP contribution >= 0.6 is 0 Å². The molecule has 0 amide bonds. The largest absolute Gasteiger partial charge is 0.481 e.